The van der Waals surface area contributed by atoms with Crippen LogP contribution in [0.4, 0.5) is 13.2 Å². The van der Waals surface area contributed by atoms with Gasteiger partial charge in [-0.3, -0.25) is 0 Å². The van der Waals surface area contributed by atoms with Crippen LogP contribution in [-0.2, 0) is 6.18 Å². The second-order valence-electron chi connectivity index (χ2n) is 4.68. The molecule has 1 heterocycles. The summed E-state index contributed by atoms with van der Waals surface area (Å²) in [6, 6.07) is 3.09. The van der Waals surface area contributed by atoms with Crippen molar-refractivity contribution >= 4 is 43.5 Å². The molecular formula is C13H10Br2ClF3N2O. The zero-order chi connectivity index (χ0) is 16.7. The molecule has 1 N–H and O–H groups in total. The normalized spacial score (nSPS) is 12.0. The Morgan fingerprint density at radius 2 is 1.91 bits per heavy atom. The molecule has 0 spiro atoms. The number of hydrogen-bond donors (Lipinski definition) is 1. The number of halogens is 6. The summed E-state index contributed by atoms with van der Waals surface area (Å²) in [5.74, 6) is 0.423. The molecule has 0 saturated heterocycles. The second kappa shape index (κ2) is 6.41. The van der Waals surface area contributed by atoms with Gasteiger partial charge in [0.1, 0.15) is 16.2 Å². The first-order chi connectivity index (χ1) is 10.1. The molecule has 0 saturated carbocycles. The summed E-state index contributed by atoms with van der Waals surface area (Å²) >= 11 is 12.2. The first kappa shape index (κ1) is 17.6. The standard InChI is InChI=1S/C13H10Br2ClF3N2O/c1-5(2)22-9-3-6(7(14)4-8(9)16)12-20-10(11(15)21-12)13(17,18)19/h3-5H,1-2H3,(H,20,21). The van der Waals surface area contributed by atoms with Gasteiger partial charge in [-0.2, -0.15) is 13.2 Å². The van der Waals surface area contributed by atoms with Gasteiger partial charge in [0.2, 0.25) is 0 Å². The van der Waals surface area contributed by atoms with Gasteiger partial charge in [-0.05, 0) is 57.8 Å². The lowest BCUT2D eigenvalue weighted by atomic mass is 10.2. The van der Waals surface area contributed by atoms with Gasteiger partial charge in [-0.15, -0.1) is 0 Å². The molecule has 120 valence electrons. The molecule has 3 nitrogen and oxygen atoms in total. The van der Waals surface area contributed by atoms with Gasteiger partial charge in [0.05, 0.1) is 11.1 Å². The van der Waals surface area contributed by atoms with E-state index < -0.39 is 11.9 Å². The van der Waals surface area contributed by atoms with Crippen LogP contribution >= 0.6 is 43.5 Å². The van der Waals surface area contributed by atoms with Gasteiger partial charge in [0.15, 0.2) is 5.69 Å². The van der Waals surface area contributed by atoms with Gasteiger partial charge < -0.3 is 9.72 Å². The molecular weight excluding hydrogens is 452 g/mol. The predicted molar refractivity (Wildman–Crippen MR) is 85.2 cm³/mol. The lowest BCUT2D eigenvalue weighted by Gasteiger charge is -2.13. The number of rotatable bonds is 3. The molecule has 2 rings (SSSR count). The lowest BCUT2D eigenvalue weighted by Crippen LogP contribution is -2.06. The van der Waals surface area contributed by atoms with E-state index >= 15 is 0 Å². The van der Waals surface area contributed by atoms with Gasteiger partial charge >= 0.3 is 6.18 Å². The van der Waals surface area contributed by atoms with E-state index in [1.54, 1.807) is 6.07 Å². The molecule has 0 aliphatic carbocycles. The Bertz CT molecular complexity index is 701. The number of alkyl halides is 3. The van der Waals surface area contributed by atoms with Crippen LogP contribution in [0.5, 0.6) is 5.75 Å². The van der Waals surface area contributed by atoms with Crippen molar-refractivity contribution in [3.05, 3.63) is 31.9 Å². The van der Waals surface area contributed by atoms with Gasteiger partial charge in [0, 0.05) is 10.0 Å². The summed E-state index contributed by atoms with van der Waals surface area (Å²) < 4.78 is 44.2. The van der Waals surface area contributed by atoms with Crippen LogP contribution < -0.4 is 4.74 Å². The van der Waals surface area contributed by atoms with Gasteiger partial charge in [0.25, 0.3) is 0 Å². The van der Waals surface area contributed by atoms with Crippen molar-refractivity contribution in [2.45, 2.75) is 26.1 Å². The van der Waals surface area contributed by atoms with Crippen LogP contribution in [-0.4, -0.2) is 16.1 Å². The molecule has 0 aliphatic heterocycles. The highest BCUT2D eigenvalue weighted by atomic mass is 79.9. The fraction of sp³-hybridized carbons (Fsp3) is 0.308. The highest BCUT2D eigenvalue weighted by Crippen LogP contribution is 2.39. The molecule has 0 radical (unpaired) electrons. The Morgan fingerprint density at radius 1 is 1.27 bits per heavy atom. The molecule has 2 aromatic rings. The number of H-pyrrole nitrogens is 1. The molecule has 0 fully saturated rings. The predicted octanol–water partition coefficient (Wildman–Crippen LogP) is 6.06. The molecule has 0 aliphatic rings. The Hall–Kier alpha value is -0.730. The average molecular weight is 462 g/mol. The maximum atomic E-state index is 12.8. The third-order valence-corrected chi connectivity index (χ3v) is 4.11. The number of aromatic amines is 1. The summed E-state index contributed by atoms with van der Waals surface area (Å²) in [5.41, 5.74) is -0.535. The van der Waals surface area contributed by atoms with Crippen molar-refractivity contribution in [1.82, 2.24) is 9.97 Å². The van der Waals surface area contributed by atoms with Crippen LogP contribution in [0.1, 0.15) is 19.5 Å². The molecule has 9 heteroatoms. The monoisotopic (exact) mass is 460 g/mol. The number of benzene rings is 1. The first-order valence-electron chi connectivity index (χ1n) is 6.08. The van der Waals surface area contributed by atoms with Crippen molar-refractivity contribution in [1.29, 1.82) is 0 Å². The Labute approximate surface area is 146 Å². The maximum absolute atomic E-state index is 12.8. The summed E-state index contributed by atoms with van der Waals surface area (Å²) in [6.45, 7) is 3.65. The van der Waals surface area contributed by atoms with E-state index in [-0.39, 0.29) is 16.5 Å². The van der Waals surface area contributed by atoms with Crippen LogP contribution in [0.25, 0.3) is 11.4 Å². The molecule has 22 heavy (non-hydrogen) atoms. The van der Waals surface area contributed by atoms with Crippen LogP contribution in [0.2, 0.25) is 5.02 Å². The third kappa shape index (κ3) is 3.78. The largest absolute Gasteiger partial charge is 0.489 e. The minimum atomic E-state index is -4.53. The quantitative estimate of drug-likeness (QED) is 0.602. The smallest absolute Gasteiger partial charge is 0.433 e. The van der Waals surface area contributed by atoms with Crippen molar-refractivity contribution in [2.75, 3.05) is 0 Å². The Kier molecular flexibility index (Phi) is 5.13. The fourth-order valence-corrected chi connectivity index (χ4v) is 3.09. The summed E-state index contributed by atoms with van der Waals surface area (Å²) in [5, 5.41) is 0.353. The zero-order valence-electron chi connectivity index (χ0n) is 11.4. The summed E-state index contributed by atoms with van der Waals surface area (Å²) in [7, 11) is 0. The highest BCUT2D eigenvalue weighted by molar-refractivity contribution is 9.10. The van der Waals surface area contributed by atoms with Crippen LogP contribution in [0.15, 0.2) is 21.2 Å². The molecule has 0 unspecified atom stereocenters. The lowest BCUT2D eigenvalue weighted by molar-refractivity contribution is -0.141. The number of aromatic nitrogens is 2. The van der Waals surface area contributed by atoms with Gasteiger partial charge in [-0.1, -0.05) is 11.6 Å². The minimum absolute atomic E-state index is 0.0522. The molecule has 0 bridgehead atoms. The van der Waals surface area contributed by atoms with Crippen LogP contribution in [0, 0.1) is 0 Å². The first-order valence-corrected chi connectivity index (χ1v) is 8.04. The number of nitrogens with zero attached hydrogens (tertiary/aromatic N) is 1. The highest BCUT2D eigenvalue weighted by Gasteiger charge is 2.36. The number of ether oxygens (including phenoxy) is 1. The fourth-order valence-electron chi connectivity index (χ4n) is 1.72. The second-order valence-corrected chi connectivity index (χ2v) is 6.69. The van der Waals surface area contributed by atoms with Crippen molar-refractivity contribution in [3.8, 4) is 17.1 Å². The van der Waals surface area contributed by atoms with Crippen molar-refractivity contribution < 1.29 is 17.9 Å². The van der Waals surface area contributed by atoms with E-state index in [9.17, 15) is 13.2 Å². The summed E-state index contributed by atoms with van der Waals surface area (Å²) in [6.07, 6.45) is -4.65. The average Bonchev–Trinajstić information content (AvgIpc) is 2.74. The third-order valence-electron chi connectivity index (χ3n) is 2.58. The van der Waals surface area contributed by atoms with Gasteiger partial charge in [-0.25, -0.2) is 4.98 Å². The van der Waals surface area contributed by atoms with Crippen molar-refractivity contribution in [3.63, 3.8) is 0 Å². The Morgan fingerprint density at radius 3 is 2.41 bits per heavy atom. The summed E-state index contributed by atoms with van der Waals surface area (Å²) in [4.78, 5) is 6.14. The topological polar surface area (TPSA) is 37.9 Å². The number of imidazole rings is 1. The van der Waals surface area contributed by atoms with E-state index in [0.29, 0.717) is 20.8 Å². The van der Waals surface area contributed by atoms with E-state index in [1.807, 2.05) is 13.8 Å². The zero-order valence-corrected chi connectivity index (χ0v) is 15.3. The van der Waals surface area contributed by atoms with E-state index in [4.69, 9.17) is 16.3 Å². The number of hydrogen-bond acceptors (Lipinski definition) is 2. The van der Waals surface area contributed by atoms with Crippen molar-refractivity contribution in [2.24, 2.45) is 0 Å². The molecule has 0 atom stereocenters. The minimum Gasteiger partial charge on any atom is -0.489 e. The van der Waals surface area contributed by atoms with E-state index in [1.165, 1.54) is 6.07 Å². The molecule has 1 aromatic heterocycles. The van der Waals surface area contributed by atoms with E-state index in [2.05, 4.69) is 41.8 Å². The Balaban J connectivity index is 2.53. The SMILES string of the molecule is CC(C)Oc1cc(-c2nc(Br)c(C(F)(F)F)[nH]2)c(Br)cc1Cl. The molecule has 1 aromatic carbocycles. The van der Waals surface area contributed by atoms with Crippen LogP contribution in [0.3, 0.4) is 0 Å². The maximum Gasteiger partial charge on any atom is 0.433 e. The number of nitrogens with one attached hydrogen (secondary N) is 1. The van der Waals surface area contributed by atoms with E-state index in [0.717, 1.165) is 0 Å². The molecule has 0 amide bonds.